The van der Waals surface area contributed by atoms with Crippen LogP contribution >= 0.6 is 0 Å². The van der Waals surface area contributed by atoms with Crippen molar-refractivity contribution < 1.29 is 38.0 Å². The maximum Gasteiger partial charge on any atom is 0.490 e. The molecule has 0 aliphatic carbocycles. The molecule has 1 rings (SSSR count). The molecule has 0 saturated heterocycles. The average Bonchev–Trinajstić information content (AvgIpc) is 2.65. The number of phenolic OH excluding ortho intramolecular Hbond substituents is 1. The van der Waals surface area contributed by atoms with E-state index in [1.807, 2.05) is 0 Å². The molecule has 0 unspecified atom stereocenters. The third-order valence-electron chi connectivity index (χ3n) is 3.39. The molecule has 31 heavy (non-hydrogen) atoms. The number of aromatic hydroxyl groups is 1. The van der Waals surface area contributed by atoms with Gasteiger partial charge >= 0.3 is 12.1 Å². The first-order valence-electron chi connectivity index (χ1n) is 8.65. The van der Waals surface area contributed by atoms with Crippen LogP contribution in [0.2, 0.25) is 0 Å². The lowest BCUT2D eigenvalue weighted by atomic mass is 10.1. The van der Waals surface area contributed by atoms with Gasteiger partial charge in [0.25, 0.3) is 5.96 Å². The van der Waals surface area contributed by atoms with Crippen LogP contribution in [0.3, 0.4) is 0 Å². The number of rotatable bonds is 9. The molecule has 15 heteroatoms. The molecule has 1 aromatic rings. The van der Waals surface area contributed by atoms with E-state index in [0.717, 1.165) is 5.56 Å². The highest BCUT2D eigenvalue weighted by Gasteiger charge is 2.38. The van der Waals surface area contributed by atoms with Gasteiger partial charge in [-0.05, 0) is 37.0 Å². The van der Waals surface area contributed by atoms with Gasteiger partial charge in [-0.1, -0.05) is 17.6 Å². The van der Waals surface area contributed by atoms with Crippen molar-refractivity contribution in [3.05, 3.63) is 39.9 Å². The number of aliphatic carboxylic acids is 1. The summed E-state index contributed by atoms with van der Waals surface area (Å²) in [6.07, 6.45) is -3.58. The topological polar surface area (TPSA) is 206 Å². The van der Waals surface area contributed by atoms with Crippen LogP contribution in [-0.2, 0) is 16.0 Å². The van der Waals surface area contributed by atoms with Crippen LogP contribution in [0, 0.1) is 10.1 Å². The Labute approximate surface area is 174 Å². The number of nitrogens with zero attached hydrogens (tertiary/aromatic N) is 2. The molecule has 0 fully saturated rings. The zero-order valence-electron chi connectivity index (χ0n) is 16.1. The summed E-state index contributed by atoms with van der Waals surface area (Å²) in [7, 11) is 0. The minimum atomic E-state index is -5.08. The maximum absolute atomic E-state index is 11.8. The van der Waals surface area contributed by atoms with E-state index in [-0.39, 0.29) is 24.2 Å². The highest BCUT2D eigenvalue weighted by Crippen LogP contribution is 2.13. The molecule has 0 aliphatic heterocycles. The summed E-state index contributed by atoms with van der Waals surface area (Å²) in [5.74, 6) is -3.12. The molecular formula is C16H23F3N6O6. The summed E-state index contributed by atoms with van der Waals surface area (Å²) < 4.78 is 31.7. The molecule has 12 nitrogen and oxygen atoms in total. The van der Waals surface area contributed by atoms with Gasteiger partial charge in [0, 0.05) is 13.1 Å². The van der Waals surface area contributed by atoms with E-state index in [1.54, 1.807) is 29.7 Å². The van der Waals surface area contributed by atoms with Gasteiger partial charge in [0.1, 0.15) is 5.75 Å². The van der Waals surface area contributed by atoms with Crippen molar-refractivity contribution in [2.45, 2.75) is 31.5 Å². The molecule has 0 saturated carbocycles. The normalized spacial score (nSPS) is 12.2. The number of alkyl halides is 3. The van der Waals surface area contributed by atoms with Crippen LogP contribution in [0.4, 0.5) is 13.2 Å². The van der Waals surface area contributed by atoms with E-state index in [1.165, 1.54) is 0 Å². The van der Waals surface area contributed by atoms with Gasteiger partial charge in [0.2, 0.25) is 5.91 Å². The predicted molar refractivity (Wildman–Crippen MR) is 102 cm³/mol. The second-order valence-electron chi connectivity index (χ2n) is 5.89. The zero-order chi connectivity index (χ0) is 24.0. The standard InChI is InChI=1S/C14H22N6O4.C2HF3O2/c15-12(2-1-8-18-14(16)19-20(23)24)13(22)17-9-7-10-3-5-11(21)6-4-10;3-2(4,5)1(6)7/h3-6,12,21H,1-2,7-9,15H2,(H,17,22)(H3,16,18,19);(H,6,7)/t12-;/m1./s1. The minimum Gasteiger partial charge on any atom is -0.508 e. The number of carbonyl (C=O) groups excluding carboxylic acids is 1. The van der Waals surface area contributed by atoms with Gasteiger partial charge in [-0.3, -0.25) is 4.79 Å². The van der Waals surface area contributed by atoms with E-state index in [2.05, 4.69) is 10.3 Å². The Kier molecular flexibility index (Phi) is 12.0. The summed E-state index contributed by atoms with van der Waals surface area (Å²) in [5, 5.41) is 28.3. The molecule has 0 heterocycles. The lowest BCUT2D eigenvalue weighted by Gasteiger charge is -2.11. The van der Waals surface area contributed by atoms with Gasteiger partial charge in [-0.15, -0.1) is 0 Å². The number of hydrazine groups is 1. The molecule has 0 radical (unpaired) electrons. The molecule has 0 bridgehead atoms. The number of hydrogen-bond acceptors (Lipinski definition) is 7. The Morgan fingerprint density at radius 3 is 2.29 bits per heavy atom. The second kappa shape index (κ2) is 13.6. The number of hydrogen-bond donors (Lipinski definition) is 6. The van der Waals surface area contributed by atoms with Crippen molar-refractivity contribution in [1.29, 1.82) is 0 Å². The van der Waals surface area contributed by atoms with E-state index in [4.69, 9.17) is 21.4 Å². The van der Waals surface area contributed by atoms with Crippen molar-refractivity contribution in [2.75, 3.05) is 13.1 Å². The molecule has 8 N–H and O–H groups in total. The number of aliphatic imine (C=N–C) groups is 1. The van der Waals surface area contributed by atoms with Gasteiger partial charge in [0.15, 0.2) is 5.03 Å². The van der Waals surface area contributed by atoms with Crippen molar-refractivity contribution in [3.8, 4) is 5.75 Å². The Balaban J connectivity index is 0.00000110. The molecule has 1 amide bonds. The van der Waals surface area contributed by atoms with Gasteiger partial charge in [-0.2, -0.15) is 13.2 Å². The van der Waals surface area contributed by atoms with Crippen LogP contribution in [-0.4, -0.2) is 58.4 Å². The van der Waals surface area contributed by atoms with Gasteiger partial charge in [0.05, 0.1) is 6.04 Å². The second-order valence-corrected chi connectivity index (χ2v) is 5.89. The van der Waals surface area contributed by atoms with Crippen LogP contribution in [0.25, 0.3) is 0 Å². The summed E-state index contributed by atoms with van der Waals surface area (Å²) >= 11 is 0. The number of amides is 1. The minimum absolute atomic E-state index is 0.196. The first-order valence-corrected chi connectivity index (χ1v) is 8.65. The number of nitrogens with two attached hydrogens (primary N) is 2. The summed E-state index contributed by atoms with van der Waals surface area (Å²) in [6, 6.07) is 6.06. The van der Waals surface area contributed by atoms with Crippen molar-refractivity contribution in [1.82, 2.24) is 10.7 Å². The van der Waals surface area contributed by atoms with E-state index >= 15 is 0 Å². The maximum atomic E-state index is 11.8. The number of halogens is 3. The Bertz CT molecular complexity index is 757. The number of nitrogens with one attached hydrogen (secondary N) is 2. The Hall–Kier alpha value is -3.62. The van der Waals surface area contributed by atoms with Crippen LogP contribution in [0.5, 0.6) is 5.75 Å². The molecule has 174 valence electrons. The Morgan fingerprint density at radius 2 is 1.81 bits per heavy atom. The highest BCUT2D eigenvalue weighted by molar-refractivity contribution is 5.81. The fourth-order valence-corrected chi connectivity index (χ4v) is 1.89. The van der Waals surface area contributed by atoms with E-state index in [9.17, 15) is 33.2 Å². The number of carboxylic acids is 1. The summed E-state index contributed by atoms with van der Waals surface area (Å²) in [6.45, 7) is 0.677. The van der Waals surface area contributed by atoms with Crippen LogP contribution in [0.15, 0.2) is 29.3 Å². The highest BCUT2D eigenvalue weighted by atomic mass is 19.4. The Morgan fingerprint density at radius 1 is 1.26 bits per heavy atom. The van der Waals surface area contributed by atoms with E-state index < -0.39 is 23.2 Å². The molecule has 0 aromatic heterocycles. The van der Waals surface area contributed by atoms with Crippen LogP contribution < -0.4 is 22.2 Å². The van der Waals surface area contributed by atoms with Gasteiger partial charge in [-0.25, -0.2) is 19.9 Å². The monoisotopic (exact) mass is 452 g/mol. The van der Waals surface area contributed by atoms with E-state index in [0.29, 0.717) is 25.8 Å². The molecule has 1 atom stereocenters. The molecule has 1 aromatic carbocycles. The zero-order valence-corrected chi connectivity index (χ0v) is 16.1. The summed E-state index contributed by atoms with van der Waals surface area (Å²) in [5.41, 5.74) is 13.7. The quantitative estimate of drug-likeness (QED) is 0.0970. The van der Waals surface area contributed by atoms with Gasteiger partial charge < -0.3 is 27.0 Å². The third-order valence-corrected chi connectivity index (χ3v) is 3.39. The number of phenols is 1. The first kappa shape index (κ1) is 27.4. The number of carbonyl (C=O) groups is 2. The van der Waals surface area contributed by atoms with Crippen molar-refractivity contribution in [3.63, 3.8) is 0 Å². The third kappa shape index (κ3) is 14.1. The lowest BCUT2D eigenvalue weighted by Crippen LogP contribution is -2.41. The number of nitro groups is 1. The fraction of sp³-hybridized carbons (Fsp3) is 0.438. The number of carboxylic acid groups (broad SMARTS) is 1. The SMILES string of the molecule is NC(=NCCC[C@@H](N)C(=O)NCCc1ccc(O)cc1)N[N+](=O)[O-].O=C(O)C(F)(F)F. The molecular weight excluding hydrogens is 429 g/mol. The number of guanidine groups is 1. The smallest absolute Gasteiger partial charge is 0.490 e. The van der Waals surface area contributed by atoms with Crippen molar-refractivity contribution in [2.24, 2.45) is 16.5 Å². The van der Waals surface area contributed by atoms with Crippen LogP contribution in [0.1, 0.15) is 18.4 Å². The largest absolute Gasteiger partial charge is 0.508 e. The fourth-order valence-electron chi connectivity index (χ4n) is 1.89. The molecule has 0 spiro atoms. The molecule has 0 aliphatic rings. The summed E-state index contributed by atoms with van der Waals surface area (Å²) in [4.78, 5) is 34.6. The first-order chi connectivity index (χ1) is 14.3. The lowest BCUT2D eigenvalue weighted by molar-refractivity contribution is -0.525. The average molecular weight is 452 g/mol. The number of benzene rings is 1. The van der Waals surface area contributed by atoms with Crippen molar-refractivity contribution >= 4 is 17.8 Å². The predicted octanol–water partition coefficient (Wildman–Crippen LogP) is -0.112.